The van der Waals surface area contributed by atoms with Gasteiger partial charge in [-0.25, -0.2) is 0 Å². The van der Waals surface area contributed by atoms with Crippen LogP contribution in [0.15, 0.2) is 0 Å². The van der Waals surface area contributed by atoms with Gasteiger partial charge in [-0.05, 0) is 46.2 Å². The van der Waals surface area contributed by atoms with Gasteiger partial charge in [0, 0.05) is 50.9 Å². The Kier molecular flexibility index (Phi) is 7.44. The first-order chi connectivity index (χ1) is 11.9. The second-order valence-corrected chi connectivity index (χ2v) is 7.30. The molecule has 1 fully saturated rings. The van der Waals surface area contributed by atoms with Crippen LogP contribution < -0.4 is 5.32 Å². The number of amides is 1. The van der Waals surface area contributed by atoms with Crippen molar-refractivity contribution in [1.29, 1.82) is 0 Å². The molecule has 1 aromatic heterocycles. The van der Waals surface area contributed by atoms with Crippen LogP contribution in [0, 0.1) is 13.8 Å². The lowest BCUT2D eigenvalue weighted by atomic mass is 10.1. The topological polar surface area (TPSA) is 53.4 Å². The number of aryl methyl sites for hydroxylation is 1. The van der Waals surface area contributed by atoms with Gasteiger partial charge >= 0.3 is 0 Å². The van der Waals surface area contributed by atoms with Gasteiger partial charge in [-0.1, -0.05) is 6.92 Å². The zero-order valence-corrected chi connectivity index (χ0v) is 16.6. The van der Waals surface area contributed by atoms with Crippen LogP contribution >= 0.6 is 0 Å². The molecule has 1 atom stereocenters. The van der Waals surface area contributed by atoms with Crippen LogP contribution in [0.2, 0.25) is 0 Å². The molecule has 0 aliphatic carbocycles. The minimum absolute atomic E-state index is 0.151. The number of aromatic nitrogens is 2. The normalized spacial score (nSPS) is 17.6. The van der Waals surface area contributed by atoms with E-state index in [9.17, 15) is 4.79 Å². The number of likely N-dealkylation sites (N-methyl/N-ethyl adjacent to an activating group) is 1. The Morgan fingerprint density at radius 2 is 1.92 bits per heavy atom. The predicted molar refractivity (Wildman–Crippen MR) is 102 cm³/mol. The van der Waals surface area contributed by atoms with Crippen LogP contribution in [-0.2, 0) is 17.8 Å². The average molecular weight is 350 g/mol. The summed E-state index contributed by atoms with van der Waals surface area (Å²) in [4.78, 5) is 17.0. The van der Waals surface area contributed by atoms with Gasteiger partial charge in [0.25, 0.3) is 0 Å². The average Bonchev–Trinajstić information content (AvgIpc) is 2.86. The summed E-state index contributed by atoms with van der Waals surface area (Å²) in [5.41, 5.74) is 3.65. The van der Waals surface area contributed by atoms with E-state index in [0.717, 1.165) is 51.3 Å². The molecule has 1 amide bonds. The van der Waals surface area contributed by atoms with E-state index in [1.165, 1.54) is 11.3 Å². The molecule has 0 saturated carbocycles. The van der Waals surface area contributed by atoms with E-state index in [-0.39, 0.29) is 5.91 Å². The molecule has 0 radical (unpaired) electrons. The Bertz CT molecular complexity index is 560. The minimum Gasteiger partial charge on any atom is -0.354 e. The highest BCUT2D eigenvalue weighted by atomic mass is 16.1. The summed E-state index contributed by atoms with van der Waals surface area (Å²) in [6.07, 6.45) is 2.54. The molecule has 0 aromatic carbocycles. The first-order valence-corrected chi connectivity index (χ1v) is 9.64. The first kappa shape index (κ1) is 19.9. The lowest BCUT2D eigenvalue weighted by Gasteiger charge is -2.36. The Labute approximate surface area is 152 Å². The smallest absolute Gasteiger partial charge is 0.220 e. The second-order valence-electron chi connectivity index (χ2n) is 7.30. The first-order valence-electron chi connectivity index (χ1n) is 9.64. The van der Waals surface area contributed by atoms with Gasteiger partial charge in [0.2, 0.25) is 5.91 Å². The van der Waals surface area contributed by atoms with E-state index < -0.39 is 0 Å². The number of hydrogen-bond acceptors (Lipinski definition) is 4. The van der Waals surface area contributed by atoms with Crippen LogP contribution in [0.25, 0.3) is 0 Å². The van der Waals surface area contributed by atoms with Crippen molar-refractivity contribution < 1.29 is 4.79 Å². The van der Waals surface area contributed by atoms with Crippen molar-refractivity contribution in [2.45, 2.75) is 59.5 Å². The molecule has 25 heavy (non-hydrogen) atoms. The SMILES string of the molecule is CCc1c(C)nn(CCNC(=O)CCC(C)N2CCN(C)CC2)c1C. The number of nitrogens with one attached hydrogen (secondary N) is 1. The minimum atomic E-state index is 0.151. The van der Waals surface area contributed by atoms with Crippen LogP contribution in [0.1, 0.15) is 43.6 Å². The Morgan fingerprint density at radius 1 is 1.24 bits per heavy atom. The molecule has 6 heteroatoms. The summed E-state index contributed by atoms with van der Waals surface area (Å²) >= 11 is 0. The van der Waals surface area contributed by atoms with Crippen molar-refractivity contribution in [2.75, 3.05) is 39.8 Å². The Morgan fingerprint density at radius 3 is 2.52 bits per heavy atom. The van der Waals surface area contributed by atoms with Crippen LogP contribution in [0.4, 0.5) is 0 Å². The maximum absolute atomic E-state index is 12.1. The molecule has 0 spiro atoms. The van der Waals surface area contributed by atoms with E-state index in [2.05, 4.69) is 55.0 Å². The molecule has 1 aromatic rings. The summed E-state index contributed by atoms with van der Waals surface area (Å²) < 4.78 is 2.02. The van der Waals surface area contributed by atoms with Crippen LogP contribution in [-0.4, -0.2) is 71.3 Å². The molecule has 1 aliphatic heterocycles. The molecule has 2 rings (SSSR count). The predicted octanol–water partition coefficient (Wildman–Crippen LogP) is 1.59. The summed E-state index contributed by atoms with van der Waals surface area (Å²) in [6.45, 7) is 14.4. The quantitative estimate of drug-likeness (QED) is 0.774. The van der Waals surface area contributed by atoms with Gasteiger partial charge in [-0.15, -0.1) is 0 Å². The fourth-order valence-corrected chi connectivity index (χ4v) is 3.64. The number of carbonyl (C=O) groups is 1. The van der Waals surface area contributed by atoms with E-state index in [1.54, 1.807) is 0 Å². The molecule has 6 nitrogen and oxygen atoms in total. The summed E-state index contributed by atoms with van der Waals surface area (Å²) in [5.74, 6) is 0.151. The molecule has 0 bridgehead atoms. The maximum atomic E-state index is 12.1. The highest BCUT2D eigenvalue weighted by molar-refractivity contribution is 5.75. The van der Waals surface area contributed by atoms with E-state index in [1.807, 2.05) is 4.68 Å². The molecule has 1 unspecified atom stereocenters. The highest BCUT2D eigenvalue weighted by Crippen LogP contribution is 2.13. The van der Waals surface area contributed by atoms with Gasteiger partial charge in [-0.3, -0.25) is 14.4 Å². The van der Waals surface area contributed by atoms with Crippen molar-refractivity contribution >= 4 is 5.91 Å². The van der Waals surface area contributed by atoms with Crippen LogP contribution in [0.3, 0.4) is 0 Å². The van der Waals surface area contributed by atoms with Gasteiger partial charge in [-0.2, -0.15) is 5.10 Å². The third kappa shape index (κ3) is 5.54. The Balaban J connectivity index is 1.67. The molecule has 142 valence electrons. The molecule has 1 aliphatic rings. The van der Waals surface area contributed by atoms with Gasteiger partial charge in [0.1, 0.15) is 0 Å². The second kappa shape index (κ2) is 9.34. The largest absolute Gasteiger partial charge is 0.354 e. The van der Waals surface area contributed by atoms with E-state index >= 15 is 0 Å². The van der Waals surface area contributed by atoms with Crippen LogP contribution in [0.5, 0.6) is 0 Å². The number of carbonyl (C=O) groups excluding carboxylic acids is 1. The summed E-state index contributed by atoms with van der Waals surface area (Å²) in [5, 5.41) is 7.62. The van der Waals surface area contributed by atoms with Gasteiger partial charge < -0.3 is 10.2 Å². The lowest BCUT2D eigenvalue weighted by Crippen LogP contribution is -2.48. The van der Waals surface area contributed by atoms with E-state index in [4.69, 9.17) is 0 Å². The third-order valence-corrected chi connectivity index (χ3v) is 5.48. The van der Waals surface area contributed by atoms with Gasteiger partial charge in [0.15, 0.2) is 0 Å². The standard InChI is InChI=1S/C19H35N5O/c1-6-18-16(3)21-24(17(18)4)10-9-20-19(25)8-7-15(2)23-13-11-22(5)12-14-23/h15H,6-14H2,1-5H3,(H,20,25). The van der Waals surface area contributed by atoms with Crippen molar-refractivity contribution in [3.63, 3.8) is 0 Å². The number of piperazine rings is 1. The monoisotopic (exact) mass is 349 g/mol. The summed E-state index contributed by atoms with van der Waals surface area (Å²) in [6, 6.07) is 0.475. The number of rotatable bonds is 8. The fourth-order valence-electron chi connectivity index (χ4n) is 3.64. The maximum Gasteiger partial charge on any atom is 0.220 e. The summed E-state index contributed by atoms with van der Waals surface area (Å²) in [7, 11) is 2.17. The molecular formula is C19H35N5O. The van der Waals surface area contributed by atoms with Gasteiger partial charge in [0.05, 0.1) is 12.2 Å². The molecule has 1 N–H and O–H groups in total. The van der Waals surface area contributed by atoms with Crippen molar-refractivity contribution in [3.8, 4) is 0 Å². The number of hydrogen-bond donors (Lipinski definition) is 1. The number of nitrogens with zero attached hydrogens (tertiary/aromatic N) is 4. The Hall–Kier alpha value is -1.40. The fraction of sp³-hybridized carbons (Fsp3) is 0.789. The zero-order valence-electron chi connectivity index (χ0n) is 16.6. The van der Waals surface area contributed by atoms with E-state index in [0.29, 0.717) is 19.0 Å². The molecule has 2 heterocycles. The third-order valence-electron chi connectivity index (χ3n) is 5.48. The highest BCUT2D eigenvalue weighted by Gasteiger charge is 2.19. The van der Waals surface area contributed by atoms with Crippen molar-refractivity contribution in [2.24, 2.45) is 0 Å². The van der Waals surface area contributed by atoms with Crippen molar-refractivity contribution in [1.82, 2.24) is 24.9 Å². The molecule has 1 saturated heterocycles. The van der Waals surface area contributed by atoms with Crippen molar-refractivity contribution in [3.05, 3.63) is 17.0 Å². The lowest BCUT2D eigenvalue weighted by molar-refractivity contribution is -0.121. The zero-order chi connectivity index (χ0) is 18.4. The molecular weight excluding hydrogens is 314 g/mol.